The van der Waals surface area contributed by atoms with Crippen LogP contribution in [0.3, 0.4) is 0 Å². The van der Waals surface area contributed by atoms with Crippen LogP contribution >= 0.6 is 0 Å². The van der Waals surface area contributed by atoms with E-state index in [-0.39, 0.29) is 11.6 Å². The van der Waals surface area contributed by atoms with E-state index in [0.717, 1.165) is 24.2 Å². The number of carbonyl (C=O) groups is 1. The summed E-state index contributed by atoms with van der Waals surface area (Å²) >= 11 is 0. The number of alkyl halides is 3. The molecule has 1 aliphatic heterocycles. The third kappa shape index (κ3) is 4.91. The Hall–Kier alpha value is -3.64. The second-order valence-corrected chi connectivity index (χ2v) is 7.98. The van der Waals surface area contributed by atoms with Crippen LogP contribution in [-0.2, 0) is 12.7 Å². The van der Waals surface area contributed by atoms with Gasteiger partial charge in [-0.1, -0.05) is 18.2 Å². The molecule has 170 valence electrons. The molecule has 6 nitrogen and oxygen atoms in total. The minimum atomic E-state index is -4.45. The van der Waals surface area contributed by atoms with E-state index in [4.69, 9.17) is 5.26 Å². The van der Waals surface area contributed by atoms with E-state index in [1.54, 1.807) is 24.0 Å². The zero-order valence-corrected chi connectivity index (χ0v) is 18.0. The molecular formula is C24H22F3N5O. The smallest absolute Gasteiger partial charge is 0.336 e. The van der Waals surface area contributed by atoms with Crippen molar-refractivity contribution in [2.45, 2.75) is 19.6 Å². The van der Waals surface area contributed by atoms with E-state index in [1.807, 2.05) is 12.1 Å². The Labute approximate surface area is 189 Å². The third-order valence-electron chi connectivity index (χ3n) is 5.81. The molecule has 1 aliphatic rings. The minimum absolute atomic E-state index is 0.177. The molecule has 0 saturated carbocycles. The number of aromatic nitrogens is 2. The number of rotatable bonds is 4. The maximum Gasteiger partial charge on any atom is 0.416 e. The molecular weight excluding hydrogens is 431 g/mol. The Morgan fingerprint density at radius 1 is 1.09 bits per heavy atom. The van der Waals surface area contributed by atoms with Crippen molar-refractivity contribution in [3.63, 3.8) is 0 Å². The molecule has 1 aromatic heterocycles. The highest BCUT2D eigenvalue weighted by molar-refractivity contribution is 5.95. The molecule has 1 fully saturated rings. The summed E-state index contributed by atoms with van der Waals surface area (Å²) in [4.78, 5) is 17.1. The van der Waals surface area contributed by atoms with Gasteiger partial charge in [-0.15, -0.1) is 0 Å². The van der Waals surface area contributed by atoms with Crippen LogP contribution in [0.2, 0.25) is 0 Å². The quantitative estimate of drug-likeness (QED) is 0.598. The van der Waals surface area contributed by atoms with Gasteiger partial charge in [0.2, 0.25) is 0 Å². The van der Waals surface area contributed by atoms with Gasteiger partial charge in [0, 0.05) is 32.7 Å². The number of carbonyl (C=O) groups excluding carboxylic acids is 1. The van der Waals surface area contributed by atoms with Gasteiger partial charge in [0.15, 0.2) is 0 Å². The molecule has 2 heterocycles. The molecule has 0 atom stereocenters. The highest BCUT2D eigenvalue weighted by atomic mass is 19.4. The lowest BCUT2D eigenvalue weighted by Crippen LogP contribution is -2.48. The molecule has 9 heteroatoms. The van der Waals surface area contributed by atoms with Gasteiger partial charge in [-0.2, -0.15) is 23.5 Å². The fourth-order valence-electron chi connectivity index (χ4n) is 3.92. The van der Waals surface area contributed by atoms with E-state index in [2.05, 4.69) is 16.1 Å². The van der Waals surface area contributed by atoms with Crippen LogP contribution in [0.4, 0.5) is 13.2 Å². The molecule has 0 N–H and O–H groups in total. The average Bonchev–Trinajstić information content (AvgIpc) is 3.20. The molecule has 0 unspecified atom stereocenters. The van der Waals surface area contributed by atoms with E-state index < -0.39 is 11.7 Å². The van der Waals surface area contributed by atoms with Gasteiger partial charge in [-0.3, -0.25) is 9.69 Å². The fourth-order valence-corrected chi connectivity index (χ4v) is 3.92. The van der Waals surface area contributed by atoms with Gasteiger partial charge in [-0.05, 0) is 42.8 Å². The fraction of sp³-hybridized carbons (Fsp3) is 0.292. The van der Waals surface area contributed by atoms with Crippen LogP contribution in [0.5, 0.6) is 0 Å². The second-order valence-electron chi connectivity index (χ2n) is 7.98. The predicted molar refractivity (Wildman–Crippen MR) is 116 cm³/mol. The summed E-state index contributed by atoms with van der Waals surface area (Å²) in [6.45, 7) is 4.91. The minimum Gasteiger partial charge on any atom is -0.336 e. The first-order chi connectivity index (χ1) is 15.8. The standard InChI is InChI=1S/C24H22F3N5O/c1-17-22(15-29-32(17)21-4-2-3-20(13-21)24(25,26)27)23(33)31-11-9-30(10-12-31)16-19-7-5-18(14-28)6-8-19/h2-8,13,15H,9-12,16H2,1H3. The van der Waals surface area contributed by atoms with Crippen molar-refractivity contribution in [3.8, 4) is 11.8 Å². The largest absolute Gasteiger partial charge is 0.416 e. The number of piperazine rings is 1. The summed E-state index contributed by atoms with van der Waals surface area (Å²) in [6, 6.07) is 14.4. The van der Waals surface area contributed by atoms with Crippen molar-refractivity contribution in [2.75, 3.05) is 26.2 Å². The Bertz CT molecular complexity index is 1190. The van der Waals surface area contributed by atoms with Gasteiger partial charge < -0.3 is 4.90 Å². The molecule has 0 radical (unpaired) electrons. The topological polar surface area (TPSA) is 65.2 Å². The summed E-state index contributed by atoms with van der Waals surface area (Å²) in [6.07, 6.45) is -3.03. The van der Waals surface area contributed by atoms with Crippen LogP contribution < -0.4 is 0 Å². The summed E-state index contributed by atoms with van der Waals surface area (Å²) in [5.41, 5.74) is 2.10. The summed E-state index contributed by atoms with van der Waals surface area (Å²) in [7, 11) is 0. The van der Waals surface area contributed by atoms with Gasteiger partial charge in [0.1, 0.15) is 0 Å². The molecule has 2 aromatic carbocycles. The van der Waals surface area contributed by atoms with Crippen molar-refractivity contribution in [1.82, 2.24) is 19.6 Å². The second kappa shape index (κ2) is 9.08. The number of halogens is 3. The Kier molecular flexibility index (Phi) is 6.20. The zero-order valence-electron chi connectivity index (χ0n) is 18.0. The zero-order chi connectivity index (χ0) is 23.6. The third-order valence-corrected chi connectivity index (χ3v) is 5.81. The van der Waals surface area contributed by atoms with Crippen molar-refractivity contribution in [1.29, 1.82) is 5.26 Å². The predicted octanol–water partition coefficient (Wildman–Crippen LogP) is 4.03. The molecule has 33 heavy (non-hydrogen) atoms. The van der Waals surface area contributed by atoms with E-state index >= 15 is 0 Å². The first-order valence-electron chi connectivity index (χ1n) is 10.5. The van der Waals surface area contributed by atoms with Gasteiger partial charge in [0.25, 0.3) is 5.91 Å². The summed E-state index contributed by atoms with van der Waals surface area (Å²) < 4.78 is 40.5. The van der Waals surface area contributed by atoms with Crippen molar-refractivity contribution in [2.24, 2.45) is 0 Å². The lowest BCUT2D eigenvalue weighted by Gasteiger charge is -2.34. The van der Waals surface area contributed by atoms with Crippen molar-refractivity contribution < 1.29 is 18.0 Å². The SMILES string of the molecule is Cc1c(C(=O)N2CCN(Cc3ccc(C#N)cc3)CC2)cnn1-c1cccc(C(F)(F)F)c1. The van der Waals surface area contributed by atoms with Crippen LogP contribution in [0.1, 0.15) is 32.7 Å². The monoisotopic (exact) mass is 453 g/mol. The van der Waals surface area contributed by atoms with Crippen LogP contribution in [-0.4, -0.2) is 51.7 Å². The molecule has 1 amide bonds. The number of amides is 1. The first kappa shape index (κ1) is 22.6. The van der Waals surface area contributed by atoms with Crippen LogP contribution in [0, 0.1) is 18.3 Å². The Balaban J connectivity index is 1.41. The maximum absolute atomic E-state index is 13.1. The van der Waals surface area contributed by atoms with Crippen LogP contribution in [0.15, 0.2) is 54.7 Å². The number of benzene rings is 2. The van der Waals surface area contributed by atoms with E-state index in [9.17, 15) is 18.0 Å². The van der Waals surface area contributed by atoms with Gasteiger partial charge >= 0.3 is 6.18 Å². The highest BCUT2D eigenvalue weighted by Crippen LogP contribution is 2.30. The molecule has 4 rings (SSSR count). The lowest BCUT2D eigenvalue weighted by atomic mass is 10.1. The molecule has 0 spiro atoms. The maximum atomic E-state index is 13.1. The Morgan fingerprint density at radius 2 is 1.79 bits per heavy atom. The van der Waals surface area contributed by atoms with Gasteiger partial charge in [0.05, 0.1) is 40.3 Å². The Morgan fingerprint density at radius 3 is 2.42 bits per heavy atom. The number of nitrogens with zero attached hydrogens (tertiary/aromatic N) is 5. The van der Waals surface area contributed by atoms with E-state index in [1.165, 1.54) is 23.0 Å². The van der Waals surface area contributed by atoms with E-state index in [0.29, 0.717) is 43.0 Å². The average molecular weight is 453 g/mol. The molecule has 0 aliphatic carbocycles. The summed E-state index contributed by atoms with van der Waals surface area (Å²) in [5, 5.41) is 13.1. The molecule has 3 aromatic rings. The number of nitriles is 1. The van der Waals surface area contributed by atoms with Crippen molar-refractivity contribution in [3.05, 3.63) is 82.7 Å². The number of hydrogen-bond acceptors (Lipinski definition) is 4. The lowest BCUT2D eigenvalue weighted by molar-refractivity contribution is -0.137. The van der Waals surface area contributed by atoms with Crippen molar-refractivity contribution >= 4 is 5.91 Å². The first-order valence-corrected chi connectivity index (χ1v) is 10.5. The molecule has 1 saturated heterocycles. The normalized spacial score (nSPS) is 14.8. The van der Waals surface area contributed by atoms with Gasteiger partial charge in [-0.25, -0.2) is 4.68 Å². The molecule has 0 bridgehead atoms. The number of hydrogen-bond donors (Lipinski definition) is 0. The summed E-state index contributed by atoms with van der Waals surface area (Å²) in [5.74, 6) is -0.177. The van der Waals surface area contributed by atoms with Crippen LogP contribution in [0.25, 0.3) is 5.69 Å². The highest BCUT2D eigenvalue weighted by Gasteiger charge is 2.31.